The van der Waals surface area contributed by atoms with Gasteiger partial charge >= 0.3 is 0 Å². The molecule has 0 aliphatic rings. The summed E-state index contributed by atoms with van der Waals surface area (Å²) in [6.07, 6.45) is 2.64. The Morgan fingerprint density at radius 1 is 0.912 bits per heavy atom. The van der Waals surface area contributed by atoms with Gasteiger partial charge in [0, 0.05) is 55.9 Å². The number of rotatable bonds is 8. The van der Waals surface area contributed by atoms with Crippen molar-refractivity contribution in [2.75, 3.05) is 36.2 Å². The highest BCUT2D eigenvalue weighted by Crippen LogP contribution is 2.34. The lowest BCUT2D eigenvalue weighted by Crippen LogP contribution is -2.16. The molecule has 0 unspecified atom stereocenters. The predicted molar refractivity (Wildman–Crippen MR) is 142 cm³/mol. The van der Waals surface area contributed by atoms with E-state index in [1.807, 2.05) is 104 Å². The molecule has 3 aromatic carbocycles. The first kappa shape index (κ1) is 23.3. The van der Waals surface area contributed by atoms with Crippen molar-refractivity contribution in [2.45, 2.75) is 6.42 Å². The Kier molecular flexibility index (Phi) is 7.45. The van der Waals surface area contributed by atoms with Gasteiger partial charge in [0.2, 0.25) is 0 Å². The minimum atomic E-state index is -0.186. The van der Waals surface area contributed by atoms with Gasteiger partial charge < -0.3 is 15.5 Å². The van der Waals surface area contributed by atoms with Gasteiger partial charge in [-0.1, -0.05) is 48.0 Å². The van der Waals surface area contributed by atoms with Crippen LogP contribution in [0.5, 0.6) is 0 Å². The lowest BCUT2D eigenvalue weighted by molar-refractivity contribution is 0.102. The van der Waals surface area contributed by atoms with Crippen molar-refractivity contribution in [3.8, 4) is 11.1 Å². The number of amides is 1. The fourth-order valence-electron chi connectivity index (χ4n) is 3.70. The summed E-state index contributed by atoms with van der Waals surface area (Å²) in [7, 11) is 3.81. The second kappa shape index (κ2) is 10.9. The van der Waals surface area contributed by atoms with Gasteiger partial charge in [-0.25, -0.2) is 0 Å². The van der Waals surface area contributed by atoms with Gasteiger partial charge in [0.15, 0.2) is 0 Å². The van der Waals surface area contributed by atoms with Crippen molar-refractivity contribution in [1.29, 1.82) is 0 Å². The standard InChI is InChI=1S/C28H27ClN4O/c1-33(2)27-19-25(24(18-26(27)29)20-8-4-3-5-9-20)28(34)32-23-13-11-22(12-14-23)31-17-15-21-10-6-7-16-30-21/h3-14,16,18-19,31H,15,17H2,1-2H3,(H,32,34). The summed E-state index contributed by atoms with van der Waals surface area (Å²) in [5.74, 6) is -0.186. The second-order valence-electron chi connectivity index (χ2n) is 8.14. The van der Waals surface area contributed by atoms with Gasteiger partial charge in [-0.15, -0.1) is 0 Å². The molecule has 0 aliphatic heterocycles. The van der Waals surface area contributed by atoms with Gasteiger partial charge in [0.1, 0.15) is 0 Å². The van der Waals surface area contributed by atoms with Crippen LogP contribution < -0.4 is 15.5 Å². The van der Waals surface area contributed by atoms with Crippen LogP contribution in [-0.4, -0.2) is 31.5 Å². The van der Waals surface area contributed by atoms with E-state index < -0.39 is 0 Å². The number of pyridine rings is 1. The van der Waals surface area contributed by atoms with Crippen molar-refractivity contribution in [2.24, 2.45) is 0 Å². The van der Waals surface area contributed by atoms with E-state index in [2.05, 4.69) is 15.6 Å². The molecule has 0 saturated carbocycles. The Balaban J connectivity index is 1.49. The molecule has 0 aliphatic carbocycles. The monoisotopic (exact) mass is 470 g/mol. The van der Waals surface area contributed by atoms with Crippen molar-refractivity contribution in [1.82, 2.24) is 4.98 Å². The minimum Gasteiger partial charge on any atom is -0.385 e. The highest BCUT2D eigenvalue weighted by molar-refractivity contribution is 6.34. The normalized spacial score (nSPS) is 10.6. The molecule has 1 amide bonds. The van der Waals surface area contributed by atoms with Crippen LogP contribution in [0.1, 0.15) is 16.1 Å². The molecule has 5 nitrogen and oxygen atoms in total. The van der Waals surface area contributed by atoms with Crippen molar-refractivity contribution in [3.63, 3.8) is 0 Å². The third-order valence-electron chi connectivity index (χ3n) is 5.48. The van der Waals surface area contributed by atoms with Gasteiger partial charge in [0.25, 0.3) is 5.91 Å². The third-order valence-corrected chi connectivity index (χ3v) is 5.78. The molecule has 1 heterocycles. The second-order valence-corrected chi connectivity index (χ2v) is 8.55. The summed E-state index contributed by atoms with van der Waals surface area (Å²) in [6, 6.07) is 27.1. The average molecular weight is 471 g/mol. The van der Waals surface area contributed by atoms with Gasteiger partial charge in [-0.05, 0) is 59.7 Å². The quantitative estimate of drug-likeness (QED) is 0.314. The highest BCUT2D eigenvalue weighted by atomic mass is 35.5. The van der Waals surface area contributed by atoms with Crippen LogP contribution in [0, 0.1) is 0 Å². The SMILES string of the molecule is CN(C)c1cc(C(=O)Nc2ccc(NCCc3ccccn3)cc2)c(-c2ccccc2)cc1Cl. The molecule has 4 rings (SSSR count). The molecular weight excluding hydrogens is 444 g/mol. The van der Waals surface area contributed by atoms with Crippen LogP contribution in [-0.2, 0) is 6.42 Å². The number of aromatic nitrogens is 1. The largest absolute Gasteiger partial charge is 0.385 e. The minimum absolute atomic E-state index is 0.186. The van der Waals surface area contributed by atoms with Gasteiger partial charge in [-0.2, -0.15) is 0 Å². The topological polar surface area (TPSA) is 57.3 Å². The number of nitrogens with zero attached hydrogens (tertiary/aromatic N) is 2. The van der Waals surface area contributed by atoms with E-state index in [0.29, 0.717) is 10.6 Å². The number of anilines is 3. The van der Waals surface area contributed by atoms with Crippen LogP contribution in [0.3, 0.4) is 0 Å². The maximum absolute atomic E-state index is 13.3. The fourth-order valence-corrected chi connectivity index (χ4v) is 4.03. The van der Waals surface area contributed by atoms with Gasteiger partial charge in [0.05, 0.1) is 10.7 Å². The molecular formula is C28H27ClN4O. The van der Waals surface area contributed by atoms with Crippen LogP contribution in [0.15, 0.2) is 91.1 Å². The number of hydrogen-bond donors (Lipinski definition) is 2. The summed E-state index contributed by atoms with van der Waals surface area (Å²) in [4.78, 5) is 19.6. The van der Waals surface area contributed by atoms with Crippen LogP contribution in [0.2, 0.25) is 5.02 Å². The molecule has 6 heteroatoms. The maximum Gasteiger partial charge on any atom is 0.256 e. The molecule has 34 heavy (non-hydrogen) atoms. The zero-order chi connectivity index (χ0) is 23.9. The fraction of sp³-hybridized carbons (Fsp3) is 0.143. The number of halogens is 1. The molecule has 0 radical (unpaired) electrons. The molecule has 172 valence electrons. The maximum atomic E-state index is 13.3. The van der Waals surface area contributed by atoms with Crippen molar-refractivity contribution < 1.29 is 4.79 Å². The van der Waals surface area contributed by atoms with E-state index in [1.54, 1.807) is 6.20 Å². The summed E-state index contributed by atoms with van der Waals surface area (Å²) in [6.45, 7) is 0.779. The van der Waals surface area contributed by atoms with E-state index >= 15 is 0 Å². The molecule has 0 spiro atoms. The van der Waals surface area contributed by atoms with E-state index in [9.17, 15) is 4.79 Å². The summed E-state index contributed by atoms with van der Waals surface area (Å²) >= 11 is 6.53. The highest BCUT2D eigenvalue weighted by Gasteiger charge is 2.17. The molecule has 0 fully saturated rings. The molecule has 4 aromatic rings. The van der Waals surface area contributed by atoms with E-state index in [-0.39, 0.29) is 5.91 Å². The first-order valence-electron chi connectivity index (χ1n) is 11.1. The number of benzene rings is 3. The van der Waals surface area contributed by atoms with E-state index in [4.69, 9.17) is 11.6 Å². The van der Waals surface area contributed by atoms with Gasteiger partial charge in [-0.3, -0.25) is 9.78 Å². The Morgan fingerprint density at radius 2 is 1.62 bits per heavy atom. The van der Waals surface area contributed by atoms with E-state index in [1.165, 1.54) is 0 Å². The number of carbonyl (C=O) groups is 1. The number of nitrogens with one attached hydrogen (secondary N) is 2. The number of carbonyl (C=O) groups excluding carboxylic acids is 1. The Bertz CT molecular complexity index is 1240. The molecule has 1 aromatic heterocycles. The molecule has 0 bridgehead atoms. The molecule has 0 saturated heterocycles. The van der Waals surface area contributed by atoms with Crippen LogP contribution in [0.4, 0.5) is 17.1 Å². The summed E-state index contributed by atoms with van der Waals surface area (Å²) < 4.78 is 0. The molecule has 2 N–H and O–H groups in total. The summed E-state index contributed by atoms with van der Waals surface area (Å²) in [5, 5.41) is 7.01. The third kappa shape index (κ3) is 5.74. The molecule has 0 atom stereocenters. The smallest absolute Gasteiger partial charge is 0.256 e. The number of hydrogen-bond acceptors (Lipinski definition) is 4. The van der Waals surface area contributed by atoms with E-state index in [0.717, 1.165) is 46.8 Å². The Morgan fingerprint density at radius 3 is 2.29 bits per heavy atom. The van der Waals surface area contributed by atoms with Crippen molar-refractivity contribution >= 4 is 34.6 Å². The predicted octanol–water partition coefficient (Wildman–Crippen LogP) is 6.37. The lowest BCUT2D eigenvalue weighted by Gasteiger charge is -2.19. The van der Waals surface area contributed by atoms with Crippen LogP contribution in [0.25, 0.3) is 11.1 Å². The first-order valence-corrected chi connectivity index (χ1v) is 11.5. The summed E-state index contributed by atoms with van der Waals surface area (Å²) in [5.41, 5.74) is 5.85. The first-order chi connectivity index (χ1) is 16.5. The Labute approximate surface area is 205 Å². The lowest BCUT2D eigenvalue weighted by atomic mass is 9.98. The zero-order valence-electron chi connectivity index (χ0n) is 19.3. The Hall–Kier alpha value is -3.83. The van der Waals surface area contributed by atoms with Crippen molar-refractivity contribution in [3.05, 3.63) is 107 Å². The average Bonchev–Trinajstić information content (AvgIpc) is 2.86. The zero-order valence-corrected chi connectivity index (χ0v) is 20.0. The van der Waals surface area contributed by atoms with Crippen LogP contribution >= 0.6 is 11.6 Å².